The van der Waals surface area contributed by atoms with E-state index in [2.05, 4.69) is 0 Å². The average molecular weight is 231 g/mol. The van der Waals surface area contributed by atoms with Crippen LogP contribution in [0.5, 0.6) is 0 Å². The van der Waals surface area contributed by atoms with Crippen LogP contribution in [0.15, 0.2) is 0 Å². The van der Waals surface area contributed by atoms with Crippen molar-refractivity contribution in [2.24, 2.45) is 0 Å². The standard InChI is InChI=1S/C11H21NO4/c1-8-5-12(6-9(13)7-15-8)10(14)16-11(2,3)4/h8-9,13H,5-7H2,1-4H3/t8-,9+/m0/s1. The lowest BCUT2D eigenvalue weighted by Gasteiger charge is -2.27. The Hall–Kier alpha value is -0.810. The van der Waals surface area contributed by atoms with E-state index in [1.807, 2.05) is 27.7 Å². The molecule has 0 aromatic heterocycles. The molecule has 0 bridgehead atoms. The predicted octanol–water partition coefficient (Wildman–Crippen LogP) is 1.00. The second-order valence-corrected chi connectivity index (χ2v) is 5.18. The number of amides is 1. The molecule has 0 unspecified atom stereocenters. The number of aliphatic hydroxyl groups excluding tert-OH is 1. The minimum absolute atomic E-state index is 0.0790. The molecule has 2 atom stereocenters. The molecule has 0 saturated carbocycles. The molecule has 5 heteroatoms. The van der Waals surface area contributed by atoms with Crippen LogP contribution >= 0.6 is 0 Å². The molecule has 1 rings (SSSR count). The van der Waals surface area contributed by atoms with Crippen LogP contribution in [-0.2, 0) is 9.47 Å². The van der Waals surface area contributed by atoms with Crippen LogP contribution in [0.4, 0.5) is 4.79 Å². The quantitative estimate of drug-likeness (QED) is 0.675. The van der Waals surface area contributed by atoms with E-state index < -0.39 is 17.8 Å². The fraction of sp³-hybridized carbons (Fsp3) is 0.909. The van der Waals surface area contributed by atoms with Gasteiger partial charge in [0.2, 0.25) is 0 Å². The average Bonchev–Trinajstić information content (AvgIpc) is 2.25. The third-order valence-electron chi connectivity index (χ3n) is 2.13. The van der Waals surface area contributed by atoms with E-state index in [0.29, 0.717) is 6.54 Å². The van der Waals surface area contributed by atoms with Gasteiger partial charge in [-0.15, -0.1) is 0 Å². The van der Waals surface area contributed by atoms with Crippen LogP contribution in [-0.4, -0.2) is 53.6 Å². The maximum atomic E-state index is 11.8. The van der Waals surface area contributed by atoms with Crippen molar-refractivity contribution in [2.75, 3.05) is 19.7 Å². The van der Waals surface area contributed by atoms with Crippen molar-refractivity contribution >= 4 is 6.09 Å². The molecule has 1 heterocycles. The number of carbonyl (C=O) groups excluding carboxylic acids is 1. The Morgan fingerprint density at radius 2 is 2.06 bits per heavy atom. The molecule has 1 aliphatic heterocycles. The predicted molar refractivity (Wildman–Crippen MR) is 59.2 cm³/mol. The monoisotopic (exact) mass is 231 g/mol. The summed E-state index contributed by atoms with van der Waals surface area (Å²) in [6, 6.07) is 0. The third kappa shape index (κ3) is 4.37. The van der Waals surface area contributed by atoms with Crippen LogP contribution in [0.2, 0.25) is 0 Å². The van der Waals surface area contributed by atoms with Crippen LogP contribution in [0.3, 0.4) is 0 Å². The van der Waals surface area contributed by atoms with E-state index in [9.17, 15) is 9.90 Å². The van der Waals surface area contributed by atoms with Gasteiger partial charge in [0.25, 0.3) is 0 Å². The first kappa shape index (κ1) is 13.3. The molecule has 1 saturated heterocycles. The second kappa shape index (κ2) is 5.01. The third-order valence-corrected chi connectivity index (χ3v) is 2.13. The number of aliphatic hydroxyl groups is 1. The van der Waals surface area contributed by atoms with Gasteiger partial charge in [0, 0.05) is 0 Å². The molecule has 1 fully saturated rings. The number of hydrogen-bond donors (Lipinski definition) is 1. The molecule has 16 heavy (non-hydrogen) atoms. The Bertz CT molecular complexity index is 237. The Morgan fingerprint density at radius 1 is 1.44 bits per heavy atom. The van der Waals surface area contributed by atoms with Crippen molar-refractivity contribution in [2.45, 2.75) is 45.5 Å². The van der Waals surface area contributed by atoms with Gasteiger partial charge in [-0.25, -0.2) is 4.79 Å². The summed E-state index contributed by atoms with van der Waals surface area (Å²) < 4.78 is 10.6. The van der Waals surface area contributed by atoms with E-state index in [0.717, 1.165) is 0 Å². The van der Waals surface area contributed by atoms with E-state index >= 15 is 0 Å². The lowest BCUT2D eigenvalue weighted by molar-refractivity contribution is 0.0171. The number of β-amino-alcohol motifs (C(OH)–C–C–N with tert-alkyl or cyclic N) is 1. The topological polar surface area (TPSA) is 59.0 Å². The van der Waals surface area contributed by atoms with Gasteiger partial charge < -0.3 is 19.5 Å². The first-order valence-electron chi connectivity index (χ1n) is 5.55. The number of ether oxygens (including phenoxy) is 2. The summed E-state index contributed by atoms with van der Waals surface area (Å²) in [5, 5.41) is 9.55. The molecule has 94 valence electrons. The van der Waals surface area contributed by atoms with Gasteiger partial charge in [-0.1, -0.05) is 0 Å². The Kier molecular flexibility index (Phi) is 4.15. The largest absolute Gasteiger partial charge is 0.444 e. The lowest BCUT2D eigenvalue weighted by Crippen LogP contribution is -2.42. The number of nitrogens with zero attached hydrogens (tertiary/aromatic N) is 1. The minimum atomic E-state index is -0.641. The van der Waals surface area contributed by atoms with E-state index in [-0.39, 0.29) is 19.3 Å². The summed E-state index contributed by atoms with van der Waals surface area (Å²) in [6.45, 7) is 8.30. The number of hydrogen-bond acceptors (Lipinski definition) is 4. The van der Waals surface area contributed by atoms with E-state index in [4.69, 9.17) is 9.47 Å². The summed E-state index contributed by atoms with van der Waals surface area (Å²) in [4.78, 5) is 13.3. The SMILES string of the molecule is C[C@H]1CN(C(=O)OC(C)(C)C)C[C@@H](O)CO1. The second-order valence-electron chi connectivity index (χ2n) is 5.18. The molecule has 0 spiro atoms. The van der Waals surface area contributed by atoms with Gasteiger partial charge in [0.1, 0.15) is 5.60 Å². The molecule has 1 N–H and O–H groups in total. The summed E-state index contributed by atoms with van der Waals surface area (Å²) in [6.07, 6.45) is -1.12. The zero-order chi connectivity index (χ0) is 12.3. The maximum absolute atomic E-state index is 11.8. The van der Waals surface area contributed by atoms with Gasteiger partial charge in [-0.3, -0.25) is 0 Å². The zero-order valence-corrected chi connectivity index (χ0v) is 10.4. The van der Waals surface area contributed by atoms with E-state index in [1.165, 1.54) is 4.90 Å². The molecule has 1 amide bonds. The maximum Gasteiger partial charge on any atom is 0.410 e. The molecule has 0 aromatic carbocycles. The van der Waals surface area contributed by atoms with Crippen molar-refractivity contribution in [1.82, 2.24) is 4.90 Å². The Balaban J connectivity index is 2.59. The van der Waals surface area contributed by atoms with E-state index in [1.54, 1.807) is 0 Å². The van der Waals surface area contributed by atoms with Crippen LogP contribution in [0, 0.1) is 0 Å². The minimum Gasteiger partial charge on any atom is -0.444 e. The van der Waals surface area contributed by atoms with Crippen LogP contribution in [0.1, 0.15) is 27.7 Å². The van der Waals surface area contributed by atoms with Crippen molar-refractivity contribution in [1.29, 1.82) is 0 Å². The first-order valence-corrected chi connectivity index (χ1v) is 5.55. The van der Waals surface area contributed by atoms with Gasteiger partial charge in [0.05, 0.1) is 31.9 Å². The number of rotatable bonds is 0. The first-order chi connectivity index (χ1) is 7.28. The van der Waals surface area contributed by atoms with Gasteiger partial charge in [-0.2, -0.15) is 0 Å². The highest BCUT2D eigenvalue weighted by Crippen LogP contribution is 2.13. The highest BCUT2D eigenvalue weighted by Gasteiger charge is 2.28. The molecular weight excluding hydrogens is 210 g/mol. The summed E-state index contributed by atoms with van der Waals surface area (Å²) in [5.41, 5.74) is -0.515. The number of carbonyl (C=O) groups is 1. The van der Waals surface area contributed by atoms with Crippen molar-refractivity contribution in [3.63, 3.8) is 0 Å². The summed E-state index contributed by atoms with van der Waals surface area (Å²) >= 11 is 0. The van der Waals surface area contributed by atoms with Crippen LogP contribution < -0.4 is 0 Å². The smallest absolute Gasteiger partial charge is 0.410 e. The van der Waals surface area contributed by atoms with Crippen molar-refractivity contribution < 1.29 is 19.4 Å². The fourth-order valence-corrected chi connectivity index (χ4v) is 1.50. The zero-order valence-electron chi connectivity index (χ0n) is 10.4. The normalized spacial score (nSPS) is 27.4. The molecule has 1 aliphatic rings. The lowest BCUT2D eigenvalue weighted by atomic mass is 10.2. The van der Waals surface area contributed by atoms with Crippen LogP contribution in [0.25, 0.3) is 0 Å². The highest BCUT2D eigenvalue weighted by atomic mass is 16.6. The molecule has 0 radical (unpaired) electrons. The van der Waals surface area contributed by atoms with Gasteiger partial charge in [0.15, 0.2) is 0 Å². The molecule has 0 aromatic rings. The molecule has 0 aliphatic carbocycles. The van der Waals surface area contributed by atoms with Gasteiger partial charge >= 0.3 is 6.09 Å². The summed E-state index contributed by atoms with van der Waals surface area (Å²) in [7, 11) is 0. The highest BCUT2D eigenvalue weighted by molar-refractivity contribution is 5.68. The van der Waals surface area contributed by atoms with Gasteiger partial charge in [-0.05, 0) is 27.7 Å². The fourth-order valence-electron chi connectivity index (χ4n) is 1.50. The van der Waals surface area contributed by atoms with Crippen molar-refractivity contribution in [3.8, 4) is 0 Å². The summed E-state index contributed by atoms with van der Waals surface area (Å²) in [5.74, 6) is 0. The van der Waals surface area contributed by atoms with Crippen molar-refractivity contribution in [3.05, 3.63) is 0 Å². The molecular formula is C11H21NO4. The Labute approximate surface area is 96.3 Å². The molecule has 5 nitrogen and oxygen atoms in total. The Morgan fingerprint density at radius 3 is 2.62 bits per heavy atom.